The van der Waals surface area contributed by atoms with Gasteiger partial charge < -0.3 is 14.6 Å². The van der Waals surface area contributed by atoms with Gasteiger partial charge in [0.1, 0.15) is 11.5 Å². The van der Waals surface area contributed by atoms with Crippen LogP contribution in [0.2, 0.25) is 0 Å². The van der Waals surface area contributed by atoms with Crippen molar-refractivity contribution < 1.29 is 19.4 Å². The van der Waals surface area contributed by atoms with E-state index in [4.69, 9.17) is 9.47 Å². The first-order valence-electron chi connectivity index (χ1n) is 8.78. The molecule has 2 heterocycles. The highest BCUT2D eigenvalue weighted by Gasteiger charge is 2.24. The lowest BCUT2D eigenvalue weighted by Gasteiger charge is -2.32. The fraction of sp³-hybridized carbons (Fsp3) is 0.474. The number of aromatic carboxylic acids is 1. The molecule has 1 fully saturated rings. The van der Waals surface area contributed by atoms with Crippen molar-refractivity contribution in [3.05, 3.63) is 41.7 Å². The van der Waals surface area contributed by atoms with Crippen LogP contribution in [-0.4, -0.2) is 53.1 Å². The first kappa shape index (κ1) is 18.3. The molecule has 140 valence electrons. The van der Waals surface area contributed by atoms with Crippen molar-refractivity contribution >= 4 is 5.97 Å². The molecule has 1 aromatic carbocycles. The number of carbonyl (C=O) groups is 1. The molecule has 1 saturated heterocycles. The van der Waals surface area contributed by atoms with E-state index in [1.807, 2.05) is 16.9 Å². The van der Waals surface area contributed by atoms with Gasteiger partial charge in [0.25, 0.3) is 0 Å². The molecule has 1 aliphatic rings. The van der Waals surface area contributed by atoms with Gasteiger partial charge >= 0.3 is 5.97 Å². The van der Waals surface area contributed by atoms with Crippen LogP contribution in [0.15, 0.2) is 30.6 Å². The number of ether oxygens (including phenoxy) is 2. The third kappa shape index (κ3) is 4.16. The maximum Gasteiger partial charge on any atom is 0.336 e. The zero-order valence-electron chi connectivity index (χ0n) is 15.2. The summed E-state index contributed by atoms with van der Waals surface area (Å²) in [5, 5.41) is 13.9. The predicted molar refractivity (Wildman–Crippen MR) is 96.7 cm³/mol. The number of carboxylic acid groups (broad SMARTS) is 1. The van der Waals surface area contributed by atoms with Crippen LogP contribution in [0.4, 0.5) is 0 Å². The average Bonchev–Trinajstić information content (AvgIpc) is 3.16. The van der Waals surface area contributed by atoms with Crippen LogP contribution in [0.1, 0.15) is 28.8 Å². The van der Waals surface area contributed by atoms with Crippen LogP contribution in [-0.2, 0) is 13.1 Å². The number of likely N-dealkylation sites (tertiary alicyclic amines) is 1. The first-order chi connectivity index (χ1) is 12.6. The van der Waals surface area contributed by atoms with Gasteiger partial charge in [-0.15, -0.1) is 0 Å². The van der Waals surface area contributed by atoms with Gasteiger partial charge in [0, 0.05) is 37.1 Å². The second-order valence-electron chi connectivity index (χ2n) is 6.61. The van der Waals surface area contributed by atoms with Gasteiger partial charge in [0.15, 0.2) is 0 Å². The van der Waals surface area contributed by atoms with Crippen molar-refractivity contribution in [2.45, 2.75) is 25.9 Å². The smallest absolute Gasteiger partial charge is 0.336 e. The molecule has 1 N–H and O–H groups in total. The van der Waals surface area contributed by atoms with Gasteiger partial charge in [0.05, 0.1) is 19.8 Å². The minimum atomic E-state index is -0.967. The molecule has 0 aliphatic carbocycles. The molecule has 0 bridgehead atoms. The van der Waals surface area contributed by atoms with Gasteiger partial charge in [-0.3, -0.25) is 9.58 Å². The summed E-state index contributed by atoms with van der Waals surface area (Å²) in [5.41, 5.74) is 0.936. The van der Waals surface area contributed by atoms with Crippen molar-refractivity contribution in [3.8, 4) is 11.5 Å². The van der Waals surface area contributed by atoms with Gasteiger partial charge in [-0.1, -0.05) is 0 Å². The Bertz CT molecular complexity index is 737. The summed E-state index contributed by atoms with van der Waals surface area (Å²) in [6.45, 7) is 3.36. The largest absolute Gasteiger partial charge is 0.497 e. The summed E-state index contributed by atoms with van der Waals surface area (Å²) in [5.74, 6) is 0.676. The molecule has 7 heteroatoms. The summed E-state index contributed by atoms with van der Waals surface area (Å²) in [7, 11) is 3.07. The topological polar surface area (TPSA) is 76.8 Å². The fourth-order valence-corrected chi connectivity index (χ4v) is 3.50. The Balaban J connectivity index is 1.68. The number of hydrogen-bond donors (Lipinski definition) is 1. The van der Waals surface area contributed by atoms with E-state index in [1.165, 1.54) is 7.11 Å². The number of aromatic nitrogens is 2. The van der Waals surface area contributed by atoms with Crippen LogP contribution in [0.25, 0.3) is 0 Å². The van der Waals surface area contributed by atoms with Crippen LogP contribution in [0.3, 0.4) is 0 Å². The lowest BCUT2D eigenvalue weighted by atomic mass is 9.96. The Hall–Kier alpha value is -2.54. The quantitative estimate of drug-likeness (QED) is 0.819. The Morgan fingerprint density at radius 1 is 1.27 bits per heavy atom. The lowest BCUT2D eigenvalue weighted by Crippen LogP contribution is -2.35. The third-order valence-electron chi connectivity index (χ3n) is 4.96. The highest BCUT2D eigenvalue weighted by atomic mass is 16.5. The van der Waals surface area contributed by atoms with Gasteiger partial charge in [-0.2, -0.15) is 5.10 Å². The standard InChI is InChI=1S/C19H25N3O4/c1-25-15-10-16(19(23)24)17(18(11-15)26-2)13-21-8-4-14(5-9-21)12-22-7-3-6-20-22/h3,6-7,10-11,14H,4-5,8-9,12-13H2,1-2H3,(H,23,24). The minimum absolute atomic E-state index is 0.236. The van der Waals surface area contributed by atoms with E-state index >= 15 is 0 Å². The fourth-order valence-electron chi connectivity index (χ4n) is 3.50. The van der Waals surface area contributed by atoms with Crippen molar-refractivity contribution in [3.63, 3.8) is 0 Å². The predicted octanol–water partition coefficient (Wildman–Crippen LogP) is 2.51. The van der Waals surface area contributed by atoms with Crippen molar-refractivity contribution in [1.82, 2.24) is 14.7 Å². The normalized spacial score (nSPS) is 15.8. The second-order valence-corrected chi connectivity index (χ2v) is 6.61. The van der Waals surface area contributed by atoms with Crippen molar-refractivity contribution in [1.29, 1.82) is 0 Å². The van der Waals surface area contributed by atoms with Crippen molar-refractivity contribution in [2.75, 3.05) is 27.3 Å². The maximum absolute atomic E-state index is 11.7. The van der Waals surface area contributed by atoms with Crippen LogP contribution < -0.4 is 9.47 Å². The monoisotopic (exact) mass is 359 g/mol. The molecule has 2 aromatic rings. The van der Waals surface area contributed by atoms with E-state index < -0.39 is 5.97 Å². The molecule has 0 spiro atoms. The highest BCUT2D eigenvalue weighted by Crippen LogP contribution is 2.31. The van der Waals surface area contributed by atoms with Crippen molar-refractivity contribution in [2.24, 2.45) is 5.92 Å². The SMILES string of the molecule is COc1cc(OC)c(CN2CCC(Cn3cccn3)CC2)c(C(=O)O)c1. The Morgan fingerprint density at radius 2 is 2.04 bits per heavy atom. The molecule has 7 nitrogen and oxygen atoms in total. The van der Waals surface area contributed by atoms with E-state index in [0.717, 1.165) is 32.5 Å². The molecule has 1 aliphatic heterocycles. The molecule has 3 rings (SSSR count). The maximum atomic E-state index is 11.7. The molecule has 0 amide bonds. The van der Waals surface area contributed by atoms with E-state index in [9.17, 15) is 9.90 Å². The second kappa shape index (κ2) is 8.23. The van der Waals surface area contributed by atoms with E-state index in [2.05, 4.69) is 10.00 Å². The number of benzene rings is 1. The summed E-state index contributed by atoms with van der Waals surface area (Å²) >= 11 is 0. The van der Waals surface area contributed by atoms with Crippen LogP contribution >= 0.6 is 0 Å². The Labute approximate surface area is 153 Å². The Kier molecular flexibility index (Phi) is 5.78. The highest BCUT2D eigenvalue weighted by molar-refractivity contribution is 5.91. The van der Waals surface area contributed by atoms with E-state index in [-0.39, 0.29) is 5.56 Å². The molecular weight excluding hydrogens is 334 g/mol. The average molecular weight is 359 g/mol. The molecule has 0 unspecified atom stereocenters. The first-order valence-corrected chi connectivity index (χ1v) is 8.78. The molecule has 0 atom stereocenters. The van der Waals surface area contributed by atoms with Gasteiger partial charge in [-0.25, -0.2) is 4.79 Å². The van der Waals surface area contributed by atoms with E-state index in [0.29, 0.717) is 29.5 Å². The Morgan fingerprint density at radius 3 is 2.62 bits per heavy atom. The zero-order chi connectivity index (χ0) is 18.5. The lowest BCUT2D eigenvalue weighted by molar-refractivity contribution is 0.0692. The summed E-state index contributed by atoms with van der Waals surface area (Å²) in [6.07, 6.45) is 5.94. The summed E-state index contributed by atoms with van der Waals surface area (Å²) in [4.78, 5) is 14.0. The number of piperidine rings is 1. The van der Waals surface area contributed by atoms with Gasteiger partial charge in [0.2, 0.25) is 0 Å². The molecule has 0 saturated carbocycles. The number of nitrogens with zero attached hydrogens (tertiary/aromatic N) is 3. The molecule has 26 heavy (non-hydrogen) atoms. The molecule has 0 radical (unpaired) electrons. The number of hydrogen-bond acceptors (Lipinski definition) is 5. The minimum Gasteiger partial charge on any atom is -0.497 e. The molecular formula is C19H25N3O4. The zero-order valence-corrected chi connectivity index (χ0v) is 15.2. The number of methoxy groups -OCH3 is 2. The number of rotatable bonds is 7. The summed E-state index contributed by atoms with van der Waals surface area (Å²) in [6, 6.07) is 5.25. The van der Waals surface area contributed by atoms with Crippen LogP contribution in [0, 0.1) is 5.92 Å². The summed E-state index contributed by atoms with van der Waals surface area (Å²) < 4.78 is 12.6. The van der Waals surface area contributed by atoms with E-state index in [1.54, 1.807) is 25.4 Å². The number of carboxylic acids is 1. The molecule has 1 aromatic heterocycles. The third-order valence-corrected chi connectivity index (χ3v) is 4.96. The van der Waals surface area contributed by atoms with Gasteiger partial charge in [-0.05, 0) is 44.0 Å². The van der Waals surface area contributed by atoms with Crippen LogP contribution in [0.5, 0.6) is 11.5 Å².